The van der Waals surface area contributed by atoms with Crippen LogP contribution in [0.1, 0.15) is 132 Å². The van der Waals surface area contributed by atoms with E-state index in [0.29, 0.717) is 125 Å². The molecule has 0 bridgehead atoms. The Hall–Kier alpha value is -13.6. The number of benzene rings is 9. The first kappa shape index (κ1) is 112. The average molecular weight is 2380 g/mol. The van der Waals surface area contributed by atoms with Gasteiger partial charge in [-0.25, -0.2) is 14.5 Å². The van der Waals surface area contributed by atoms with E-state index in [-0.39, 0.29) is 127 Å². The number of pyridine rings is 5. The summed E-state index contributed by atoms with van der Waals surface area (Å²) in [4.78, 5) is 109. The fourth-order valence-electron chi connectivity index (χ4n) is 16.6. The molecule has 5 amide bonds. The number of anilines is 5. The Labute approximate surface area is 897 Å². The molecule has 3 atom stereocenters. The van der Waals surface area contributed by atoms with E-state index in [2.05, 4.69) is 92.4 Å². The van der Waals surface area contributed by atoms with E-state index in [4.69, 9.17) is 44.0 Å². The van der Waals surface area contributed by atoms with Gasteiger partial charge >= 0.3 is 6.03 Å². The van der Waals surface area contributed by atoms with Crippen molar-refractivity contribution in [1.29, 1.82) is 1.34 Å². The molecule has 9 heterocycles. The molecule has 0 unspecified atom stereocenters. The Morgan fingerprint density at radius 3 is 1.25 bits per heavy atom. The van der Waals surface area contributed by atoms with Crippen molar-refractivity contribution < 1.29 is 102 Å². The first-order valence-corrected chi connectivity index (χ1v) is 47.7. The van der Waals surface area contributed by atoms with Crippen LogP contribution in [-0.4, -0.2) is 137 Å². The van der Waals surface area contributed by atoms with Crippen LogP contribution in [0.3, 0.4) is 0 Å². The maximum absolute atomic E-state index is 13.4. The normalized spacial score (nSPS) is 14.4. The summed E-state index contributed by atoms with van der Waals surface area (Å²) < 4.78 is 37.4. The van der Waals surface area contributed by atoms with Crippen LogP contribution in [-0.2, 0) is 59.5 Å². The largest absolute Gasteiger partial charge is 0.457 e. The second-order valence-corrected chi connectivity index (χ2v) is 36.0. The first-order valence-electron chi connectivity index (χ1n) is 47.4. The van der Waals surface area contributed by atoms with Crippen molar-refractivity contribution in [3.63, 3.8) is 0 Å². The Balaban J connectivity index is 0.000000254. The van der Waals surface area contributed by atoms with Crippen molar-refractivity contribution in [1.82, 2.24) is 49.4 Å². The van der Waals surface area contributed by atoms with Gasteiger partial charge in [-0.1, -0.05) is 207 Å². The van der Waals surface area contributed by atoms with Crippen molar-refractivity contribution in [2.75, 3.05) is 72.0 Å². The number of urea groups is 1. The van der Waals surface area contributed by atoms with Gasteiger partial charge in [-0.3, -0.25) is 59.7 Å². The van der Waals surface area contributed by atoms with Crippen molar-refractivity contribution in [2.45, 2.75) is 132 Å². The van der Waals surface area contributed by atoms with Crippen molar-refractivity contribution >= 4 is 138 Å². The quantitative estimate of drug-likeness (QED) is 0.00833. The van der Waals surface area contributed by atoms with E-state index >= 15 is 0 Å². The number of hydrogen-bond acceptors (Lipinski definition) is 21. The molecule has 6 aromatic heterocycles. The third-order valence-corrected chi connectivity index (χ3v) is 24.0. The SMILES string of the molecule is C.CC1CCCC1.C[C@@H]1CCN(C(=O)Cc2cc(Oc3ccc(N)c4ccccc34)ccn2)C1.C[C@@H]1CCN(C(=O)Cc2cc(Oc3ccc([N+](=O)[O-])c4ccccc34)ccn2)C1.Cc1ccc(-n2nc(C(C)(C)C)cc2NC(=O)Nc2ccc(Oc3ccnc(CC(=O)N4CC[C@@H](C)C4)c3)c3ccccc23)cc1.Nc1cc(=O)cc[nH]1.Nc1cc(Oc2ccc([N+](=O)[O-])c3ccccc23)ccn1.[2H]CI.[2H][B].[CH3-].[HH].[Pd].[U]. The summed E-state index contributed by atoms with van der Waals surface area (Å²) in [7, 11) is 3.75. The van der Waals surface area contributed by atoms with Crippen LogP contribution in [0.15, 0.2) is 272 Å². The minimum atomic E-state index is -0.406. The van der Waals surface area contributed by atoms with Gasteiger partial charge in [-0.15, -0.1) is 0 Å². The van der Waals surface area contributed by atoms with Gasteiger partial charge in [0.2, 0.25) is 17.7 Å². The number of carbonyl (C=O) groups excluding carboxylic acids is 4. The van der Waals surface area contributed by atoms with Crippen molar-refractivity contribution in [3.8, 4) is 51.7 Å². The van der Waals surface area contributed by atoms with Gasteiger partial charge in [-0.05, 0) is 141 Å². The van der Waals surface area contributed by atoms with Gasteiger partial charge in [0.05, 0.1) is 74.0 Å². The number of aromatic amines is 1. The molecule has 15 aromatic rings. The average Bonchev–Trinajstić information content (AvgIpc) is 1.08. The number of non-ortho nitro benzene ring substituents is 2. The topological polar surface area (TPSA) is 406 Å². The molecule has 4 fully saturated rings. The minimum absolute atomic E-state index is 0. The number of aromatic nitrogens is 7. The molecule has 2 radical (unpaired) electrons. The van der Waals surface area contributed by atoms with Gasteiger partial charge in [0, 0.05) is 231 Å². The molecule has 0 spiro atoms. The van der Waals surface area contributed by atoms with Crippen molar-refractivity contribution in [3.05, 3.63) is 334 Å². The summed E-state index contributed by atoms with van der Waals surface area (Å²) in [6.07, 6.45) is 17.9. The number of nitrogens with one attached hydrogen (secondary N) is 3. The number of ether oxygens (including phenoxy) is 4. The summed E-state index contributed by atoms with van der Waals surface area (Å²) >= 11 is 1.96. The molecule has 9 N–H and O–H groups in total. The molecule has 144 heavy (non-hydrogen) atoms. The first-order chi connectivity index (χ1) is 68.4. The zero-order chi connectivity index (χ0) is 102. The predicted octanol–water partition coefficient (Wildman–Crippen LogP) is 23.6. The number of nitro benzene ring substituents is 2. The summed E-state index contributed by atoms with van der Waals surface area (Å²) in [6.45, 7) is 22.0. The monoisotopic (exact) mass is 2380 g/mol. The molecule has 34 heteroatoms. The van der Waals surface area contributed by atoms with Crippen LogP contribution < -0.4 is 52.2 Å². The van der Waals surface area contributed by atoms with Crippen LogP contribution in [0, 0.1) is 89.4 Å². The van der Waals surface area contributed by atoms with Gasteiger partial charge in [-0.2, -0.15) is 5.10 Å². The van der Waals surface area contributed by atoms with Crippen LogP contribution in [0.4, 0.5) is 45.0 Å². The third-order valence-electron chi connectivity index (χ3n) is 24.0. The van der Waals surface area contributed by atoms with Crippen LogP contribution >= 0.6 is 22.6 Å². The van der Waals surface area contributed by atoms with Gasteiger partial charge in [0.1, 0.15) is 63.4 Å². The zero-order valence-electron chi connectivity index (χ0n) is 83.5. The van der Waals surface area contributed by atoms with Crippen LogP contribution in [0.5, 0.6) is 46.0 Å². The van der Waals surface area contributed by atoms with E-state index in [0.717, 1.165) is 120 Å². The Kier molecular flexibility index (Phi) is 43.1. The summed E-state index contributed by atoms with van der Waals surface area (Å²) in [5, 5.41) is 39.1. The Bertz CT molecular complexity index is 6970. The maximum Gasteiger partial charge on any atom is 0.324 e. The predicted molar refractivity (Wildman–Crippen MR) is 578 cm³/mol. The molecule has 3 saturated heterocycles. The number of rotatable bonds is 19. The number of amides is 5. The van der Waals surface area contributed by atoms with E-state index in [1.54, 1.807) is 114 Å². The molecule has 9 aromatic carbocycles. The van der Waals surface area contributed by atoms with Gasteiger partial charge < -0.3 is 68.6 Å². The molecular weight excluding hydrogens is 2250 g/mol. The number of alkyl halides is 1. The number of nitrogens with two attached hydrogens (primary N) is 3. The fourth-order valence-corrected chi connectivity index (χ4v) is 16.6. The third kappa shape index (κ3) is 32.2. The van der Waals surface area contributed by atoms with Gasteiger partial charge in [0.25, 0.3) is 11.4 Å². The second-order valence-electron chi connectivity index (χ2n) is 36.0. The number of carbonyl (C=O) groups is 4. The molecule has 1 saturated carbocycles. The molecule has 3 aliphatic heterocycles. The van der Waals surface area contributed by atoms with E-state index < -0.39 is 9.85 Å². The van der Waals surface area contributed by atoms with E-state index in [9.17, 15) is 44.2 Å². The number of likely N-dealkylation sites (tertiary alicyclic amines) is 3. The summed E-state index contributed by atoms with van der Waals surface area (Å²) in [5.74, 6) is 9.03. The smallest absolute Gasteiger partial charge is 0.324 e. The molecule has 754 valence electrons. The summed E-state index contributed by atoms with van der Waals surface area (Å²) in [5.41, 5.74) is 22.9. The Morgan fingerprint density at radius 1 is 0.507 bits per heavy atom. The second kappa shape index (κ2) is 55.3. The summed E-state index contributed by atoms with van der Waals surface area (Å²) in [6, 6.07) is 69.4. The number of nitrogen functional groups attached to an aromatic ring is 3. The molecular formula is C110H126BIN17O13PdU-. The number of H-pyrrole nitrogens is 1. The number of halogens is 1. The number of hydrogen-bond donors (Lipinski definition) is 6. The van der Waals surface area contributed by atoms with Crippen LogP contribution in [0.25, 0.3) is 48.8 Å². The molecule has 4 aliphatic rings. The number of fused-ring (bicyclic) bond motifs is 4. The van der Waals surface area contributed by atoms with Crippen molar-refractivity contribution in [2.24, 2.45) is 23.7 Å². The fraction of sp³-hybridized carbons (Fsp3) is 0.282. The molecule has 30 nitrogen and oxygen atoms in total. The Morgan fingerprint density at radius 2 is 0.882 bits per heavy atom. The molecule has 1 aliphatic carbocycles. The minimum Gasteiger partial charge on any atom is -0.457 e. The number of nitrogens with zero attached hydrogens (tertiary/aromatic N) is 11. The zero-order valence-corrected chi connectivity index (χ0v) is 89.3. The number of nitro groups is 2. The molecule has 19 rings (SSSR count). The standard InChI is InChI=1S/C37H40N6O3.C22H21N3O4.C22H23N3O2.C15H11N3O3.C6H12.C5H6N2O.CH3I.CH4.CH3.BH.Pd.U.H2/c1-24-10-12-27(13-11-24)43-34(22-33(41-43)37(3,4)5)40-36(45)39-31-14-15-32(30-9-7-6-8-29(30)31)46-28-16-18-38-26(20-28)21-35(44)42-19-17-25(2)23-42;1-15-9-11-24(14-15)22(26)13-16-12-17(8-10-23-16)29-21-7-6-20(25(27)28)18-4-2-3-5-19(18)21;1-15-9-11-25(14-15)22(26)13-16-12-17(8-10-24-16)27-21-7-6-20(23)18-4-2-3-5-19(18)21;16-15-9-10(7-8-17-15)21-14-6-5-13(18(19)20)11-3-1-2-4-12(11)14;1-6-4-2-3-5-6;6-5-3-4(8)1-2-7-5;1-2;;;;;;/h6-16,18,20,22,25H,17,19,21,23H2,1-5H3,(H2,39,40,45);2-8,10,12,15H,9,11,13-14H2,1H3;2-8,10,12,15H,9,11,13-14,23H2,1H3;1-9H,(H2,16,17);6H,2-5H2,1H3;1-3H,(H3,6,7,8);1H3;1H4;1H3;1H;;;1H/q;;;;;;;;-1;;;;/t25-;2*15-;;;;;;;;;;/m111........../s1/i;;;;;;1D;;;1D;;;. The maximum atomic E-state index is 13.4. The van der Waals surface area contributed by atoms with Crippen LogP contribution in [0.2, 0.25) is 0 Å². The van der Waals surface area contributed by atoms with E-state index in [1.807, 2.05) is 166 Å². The van der Waals surface area contributed by atoms with E-state index in [1.165, 1.54) is 62.3 Å². The number of aryl methyl sites for hydroxylation is 1. The van der Waals surface area contributed by atoms with Gasteiger partial charge in [0.15, 0.2) is 5.43 Å².